The molecule has 3 fully saturated rings. The fourth-order valence-corrected chi connectivity index (χ4v) is 9.16. The number of hydrogen-bond donors (Lipinski definition) is 4. The van der Waals surface area contributed by atoms with Crippen molar-refractivity contribution in [2.45, 2.75) is 101 Å². The van der Waals surface area contributed by atoms with Gasteiger partial charge in [-0.2, -0.15) is 0 Å². The van der Waals surface area contributed by atoms with Crippen LogP contribution < -0.4 is 0 Å². The predicted octanol–water partition coefficient (Wildman–Crippen LogP) is 4.35. The lowest BCUT2D eigenvalue weighted by Crippen LogP contribution is -2.78. The Morgan fingerprint density at radius 3 is 2.12 bits per heavy atom. The lowest BCUT2D eigenvalue weighted by molar-refractivity contribution is -0.324. The smallest absolute Gasteiger partial charge is 0.338 e. The zero-order valence-corrected chi connectivity index (χ0v) is 25.0. The van der Waals surface area contributed by atoms with E-state index >= 15 is 0 Å². The monoisotopic (exact) mass is 590 g/mol. The van der Waals surface area contributed by atoms with Crippen molar-refractivity contribution in [3.05, 3.63) is 83.4 Å². The summed E-state index contributed by atoms with van der Waals surface area (Å²) in [5.41, 5.74) is -5.87. The van der Waals surface area contributed by atoms with Gasteiger partial charge in [0.1, 0.15) is 29.0 Å². The first-order valence-electron chi connectivity index (χ1n) is 15.4. The molecule has 0 radical (unpaired) electrons. The minimum atomic E-state index is -1.90. The second-order valence-electron chi connectivity index (χ2n) is 13.6. The Hall–Kier alpha value is -3.04. The highest BCUT2D eigenvalue weighted by atomic mass is 16.6. The molecule has 0 aliphatic heterocycles. The Balaban J connectivity index is 1.44. The molecular formula is C35H42O8. The summed E-state index contributed by atoms with van der Waals surface area (Å²) in [5, 5.41) is 48.6. The summed E-state index contributed by atoms with van der Waals surface area (Å²) in [4.78, 5) is 26.7. The Morgan fingerprint density at radius 1 is 0.884 bits per heavy atom. The number of aliphatic hydroxyl groups is 4. The topological polar surface area (TPSA) is 134 Å². The molecule has 2 aromatic rings. The van der Waals surface area contributed by atoms with Gasteiger partial charge in [0.2, 0.25) is 0 Å². The Bertz CT molecular complexity index is 1430. The molecule has 0 heterocycles. The highest BCUT2D eigenvalue weighted by Gasteiger charge is 2.81. The van der Waals surface area contributed by atoms with Crippen LogP contribution in [0.4, 0.5) is 0 Å². The van der Waals surface area contributed by atoms with Gasteiger partial charge in [-0.05, 0) is 81.5 Å². The average Bonchev–Trinajstić information content (AvgIpc) is 3.23. The molecular weight excluding hydrogens is 548 g/mol. The first-order valence-corrected chi connectivity index (χ1v) is 15.4. The van der Waals surface area contributed by atoms with Gasteiger partial charge in [0, 0.05) is 5.92 Å². The molecule has 230 valence electrons. The molecule has 0 aromatic heterocycles. The van der Waals surface area contributed by atoms with E-state index in [9.17, 15) is 30.0 Å². The molecule has 4 aliphatic carbocycles. The third-order valence-electron chi connectivity index (χ3n) is 11.9. The van der Waals surface area contributed by atoms with Gasteiger partial charge in [-0.15, -0.1) is 0 Å². The summed E-state index contributed by atoms with van der Waals surface area (Å²) in [6.45, 7) is 5.32. The number of ether oxygens (including phenoxy) is 2. The van der Waals surface area contributed by atoms with Crippen LogP contribution in [0.5, 0.6) is 0 Å². The van der Waals surface area contributed by atoms with Gasteiger partial charge < -0.3 is 29.9 Å². The minimum Gasteiger partial charge on any atom is -0.458 e. The first-order chi connectivity index (χ1) is 20.3. The maximum absolute atomic E-state index is 13.6. The molecule has 9 atom stereocenters. The van der Waals surface area contributed by atoms with Crippen molar-refractivity contribution < 1.29 is 39.5 Å². The summed E-state index contributed by atoms with van der Waals surface area (Å²) in [7, 11) is 0. The van der Waals surface area contributed by atoms with Crippen LogP contribution in [0.1, 0.15) is 86.4 Å². The molecule has 2 aromatic carbocycles. The van der Waals surface area contributed by atoms with E-state index in [1.807, 2.05) is 6.08 Å². The molecule has 3 saturated carbocycles. The van der Waals surface area contributed by atoms with Gasteiger partial charge in [-0.3, -0.25) is 0 Å². The predicted molar refractivity (Wildman–Crippen MR) is 158 cm³/mol. The maximum atomic E-state index is 13.6. The molecule has 0 amide bonds. The Kier molecular flexibility index (Phi) is 7.16. The van der Waals surface area contributed by atoms with Crippen molar-refractivity contribution in [2.75, 3.05) is 0 Å². The van der Waals surface area contributed by atoms with Crippen LogP contribution in [0.15, 0.2) is 72.3 Å². The highest BCUT2D eigenvalue weighted by Crippen LogP contribution is 2.71. The summed E-state index contributed by atoms with van der Waals surface area (Å²) in [6, 6.07) is 17.0. The molecule has 0 unspecified atom stereocenters. The number of esters is 2. The van der Waals surface area contributed by atoms with Crippen LogP contribution in [-0.2, 0) is 9.47 Å². The SMILES string of the molecule is C[C@H](OC(=O)c1ccccc1)[C@]1(O)CC[C@@]2(O)[C@]1(C)[C@H](OC(=O)c1ccccc1)C[C@@H]1[C@@]3(C)CC[C@H](O)CC3=CC[C@]12O. The highest BCUT2D eigenvalue weighted by molar-refractivity contribution is 5.90. The van der Waals surface area contributed by atoms with E-state index in [0.29, 0.717) is 30.4 Å². The van der Waals surface area contributed by atoms with Crippen molar-refractivity contribution in [2.24, 2.45) is 16.7 Å². The number of carbonyl (C=O) groups is 2. The molecule has 0 saturated heterocycles. The van der Waals surface area contributed by atoms with Crippen molar-refractivity contribution in [1.82, 2.24) is 0 Å². The van der Waals surface area contributed by atoms with Gasteiger partial charge >= 0.3 is 11.9 Å². The molecule has 0 bridgehead atoms. The minimum absolute atomic E-state index is 0.0154. The molecule has 0 spiro atoms. The molecule has 43 heavy (non-hydrogen) atoms. The summed E-state index contributed by atoms with van der Waals surface area (Å²) in [6.07, 6.45) is 1.35. The molecule has 8 nitrogen and oxygen atoms in total. The van der Waals surface area contributed by atoms with E-state index in [1.54, 1.807) is 74.5 Å². The summed E-state index contributed by atoms with van der Waals surface area (Å²) < 4.78 is 12.1. The number of aliphatic hydroxyl groups excluding tert-OH is 1. The number of rotatable bonds is 5. The normalized spacial score (nSPS) is 40.7. The van der Waals surface area contributed by atoms with Crippen LogP contribution in [0.2, 0.25) is 0 Å². The molecule has 4 N–H and O–H groups in total. The van der Waals surface area contributed by atoms with Gasteiger partial charge in [-0.25, -0.2) is 9.59 Å². The van der Waals surface area contributed by atoms with E-state index in [4.69, 9.17) is 9.47 Å². The van der Waals surface area contributed by atoms with Crippen LogP contribution in [0.25, 0.3) is 0 Å². The third-order valence-corrected chi connectivity index (χ3v) is 11.9. The van der Waals surface area contributed by atoms with Crippen LogP contribution >= 0.6 is 0 Å². The van der Waals surface area contributed by atoms with E-state index in [0.717, 1.165) is 5.57 Å². The van der Waals surface area contributed by atoms with Crippen LogP contribution in [0.3, 0.4) is 0 Å². The lowest BCUT2D eigenvalue weighted by Gasteiger charge is -2.67. The lowest BCUT2D eigenvalue weighted by atomic mass is 9.42. The quantitative estimate of drug-likeness (QED) is 0.298. The largest absolute Gasteiger partial charge is 0.458 e. The zero-order chi connectivity index (χ0) is 30.8. The first kappa shape index (κ1) is 30.0. The Labute approximate surface area is 252 Å². The van der Waals surface area contributed by atoms with Gasteiger partial charge in [0.05, 0.1) is 22.6 Å². The zero-order valence-electron chi connectivity index (χ0n) is 25.0. The van der Waals surface area contributed by atoms with Crippen molar-refractivity contribution in [3.8, 4) is 0 Å². The number of hydrogen-bond acceptors (Lipinski definition) is 8. The summed E-state index contributed by atoms with van der Waals surface area (Å²) >= 11 is 0. The Morgan fingerprint density at radius 2 is 1.49 bits per heavy atom. The van der Waals surface area contributed by atoms with Crippen molar-refractivity contribution >= 4 is 11.9 Å². The fraction of sp³-hybridized carbons (Fsp3) is 0.543. The van der Waals surface area contributed by atoms with E-state index in [1.165, 1.54) is 0 Å². The van der Waals surface area contributed by atoms with Crippen molar-refractivity contribution in [3.63, 3.8) is 0 Å². The van der Waals surface area contributed by atoms with Crippen LogP contribution in [0, 0.1) is 16.7 Å². The second kappa shape index (κ2) is 10.3. The van der Waals surface area contributed by atoms with E-state index in [-0.39, 0.29) is 25.7 Å². The van der Waals surface area contributed by atoms with E-state index < -0.39 is 63.8 Å². The molecule has 6 rings (SSSR count). The maximum Gasteiger partial charge on any atom is 0.338 e. The standard InChI is InChI=1S/C35H42O8/c1-22(42-29(37)23-10-6-4-7-11-23)33(39)18-19-35(41)32(33,3)28(43-30(38)24-12-8-5-9-13-24)21-27-31(2)16-15-26(36)20-25(31)14-17-34(27,35)40/h4-14,22,26-28,36,39-41H,15-21H2,1-3H3/t22-,26-,27+,28+,31-,32+,33+,34-,35+/m0/s1. The fourth-order valence-electron chi connectivity index (χ4n) is 9.16. The summed E-state index contributed by atoms with van der Waals surface area (Å²) in [5.74, 6) is -1.73. The number of fused-ring (bicyclic) bond motifs is 5. The number of benzene rings is 2. The third kappa shape index (κ3) is 4.17. The average molecular weight is 591 g/mol. The van der Waals surface area contributed by atoms with Gasteiger partial charge in [-0.1, -0.05) is 61.9 Å². The second-order valence-corrected chi connectivity index (χ2v) is 13.6. The number of carbonyl (C=O) groups excluding carboxylic acids is 2. The van der Waals surface area contributed by atoms with E-state index in [2.05, 4.69) is 6.92 Å². The molecule has 8 heteroatoms. The van der Waals surface area contributed by atoms with Crippen LogP contribution in [-0.4, -0.2) is 67.5 Å². The van der Waals surface area contributed by atoms with Gasteiger partial charge in [0.25, 0.3) is 0 Å². The van der Waals surface area contributed by atoms with Gasteiger partial charge in [0.15, 0.2) is 0 Å². The van der Waals surface area contributed by atoms with Crippen molar-refractivity contribution in [1.29, 1.82) is 0 Å². The molecule has 4 aliphatic rings.